The molecule has 0 unspecified atom stereocenters. The van der Waals surface area contributed by atoms with Gasteiger partial charge in [-0.15, -0.1) is 0 Å². The minimum absolute atomic E-state index is 0.0492. The molecule has 0 saturated heterocycles. The number of hydrogen-bond donors (Lipinski definition) is 1. The minimum atomic E-state index is -4.56. The van der Waals surface area contributed by atoms with E-state index in [0.717, 1.165) is 10.0 Å². The quantitative estimate of drug-likeness (QED) is 0.202. The smallest absolute Gasteiger partial charge is 0.422 e. The molecule has 3 aromatic carbocycles. The summed E-state index contributed by atoms with van der Waals surface area (Å²) >= 11 is 3.42. The summed E-state index contributed by atoms with van der Waals surface area (Å²) in [4.78, 5) is 14.2. The number of nitrogens with one attached hydrogen (secondary N) is 1. The van der Waals surface area contributed by atoms with Gasteiger partial charge in [0.2, 0.25) is 5.95 Å². The molecule has 0 amide bonds. The van der Waals surface area contributed by atoms with E-state index in [0.29, 0.717) is 11.4 Å². The van der Waals surface area contributed by atoms with E-state index in [4.69, 9.17) is 4.74 Å². The number of anilines is 4. The Morgan fingerprint density at radius 2 is 1.46 bits per heavy atom. The second-order valence-corrected chi connectivity index (χ2v) is 7.90. The van der Waals surface area contributed by atoms with Crippen molar-refractivity contribution in [2.75, 3.05) is 16.9 Å². The molecular formula is C24H18BrF3N6O. The maximum Gasteiger partial charge on any atom is 0.422 e. The van der Waals surface area contributed by atoms with Gasteiger partial charge in [-0.1, -0.05) is 70.5 Å². The van der Waals surface area contributed by atoms with E-state index in [9.17, 15) is 13.2 Å². The third kappa shape index (κ3) is 6.76. The average molecular weight is 543 g/mol. The van der Waals surface area contributed by atoms with Gasteiger partial charge in [-0.25, -0.2) is 5.43 Å². The second-order valence-electron chi connectivity index (χ2n) is 7.04. The summed E-state index contributed by atoms with van der Waals surface area (Å²) in [5.41, 5.74) is 4.81. The molecule has 11 heteroatoms. The number of aromatic nitrogens is 3. The van der Waals surface area contributed by atoms with Crippen LogP contribution in [0.3, 0.4) is 0 Å². The van der Waals surface area contributed by atoms with Gasteiger partial charge in [-0.3, -0.25) is 4.90 Å². The molecular weight excluding hydrogens is 525 g/mol. The van der Waals surface area contributed by atoms with Crippen molar-refractivity contribution in [2.24, 2.45) is 5.10 Å². The molecule has 0 bridgehead atoms. The van der Waals surface area contributed by atoms with E-state index in [1.54, 1.807) is 4.90 Å². The first-order valence-corrected chi connectivity index (χ1v) is 11.1. The summed E-state index contributed by atoms with van der Waals surface area (Å²) < 4.78 is 44.1. The monoisotopic (exact) mass is 542 g/mol. The van der Waals surface area contributed by atoms with Crippen molar-refractivity contribution in [3.05, 3.63) is 95.0 Å². The fraction of sp³-hybridized carbons (Fsp3) is 0.0833. The highest BCUT2D eigenvalue weighted by Crippen LogP contribution is 2.33. The van der Waals surface area contributed by atoms with E-state index < -0.39 is 18.8 Å². The first-order chi connectivity index (χ1) is 16.9. The van der Waals surface area contributed by atoms with Crippen molar-refractivity contribution in [1.29, 1.82) is 0 Å². The van der Waals surface area contributed by atoms with E-state index in [1.165, 1.54) is 6.21 Å². The van der Waals surface area contributed by atoms with E-state index in [-0.39, 0.29) is 11.9 Å². The van der Waals surface area contributed by atoms with Crippen molar-refractivity contribution in [3.63, 3.8) is 0 Å². The molecule has 1 heterocycles. The van der Waals surface area contributed by atoms with Crippen LogP contribution in [-0.2, 0) is 0 Å². The summed E-state index contributed by atoms with van der Waals surface area (Å²) in [6, 6.07) is 25.2. The number of rotatable bonds is 8. The van der Waals surface area contributed by atoms with Crippen LogP contribution in [0.15, 0.2) is 94.5 Å². The van der Waals surface area contributed by atoms with Gasteiger partial charge in [0, 0.05) is 21.4 Å². The molecule has 35 heavy (non-hydrogen) atoms. The fourth-order valence-electron chi connectivity index (χ4n) is 2.98. The van der Waals surface area contributed by atoms with Crippen LogP contribution in [0.1, 0.15) is 5.56 Å². The van der Waals surface area contributed by atoms with E-state index >= 15 is 0 Å². The highest BCUT2D eigenvalue weighted by Gasteiger charge is 2.29. The minimum Gasteiger partial charge on any atom is -0.454 e. The van der Waals surface area contributed by atoms with E-state index in [2.05, 4.69) is 41.4 Å². The summed E-state index contributed by atoms with van der Waals surface area (Å²) in [5.74, 6) is -0.0412. The highest BCUT2D eigenvalue weighted by molar-refractivity contribution is 9.10. The first kappa shape index (κ1) is 24.1. The predicted octanol–water partition coefficient (Wildman–Crippen LogP) is 6.49. The van der Waals surface area contributed by atoms with Crippen LogP contribution < -0.4 is 15.1 Å². The topological polar surface area (TPSA) is 75.5 Å². The Morgan fingerprint density at radius 3 is 2.06 bits per heavy atom. The lowest BCUT2D eigenvalue weighted by Gasteiger charge is -2.23. The second kappa shape index (κ2) is 11.0. The Hall–Kier alpha value is -3.99. The maximum atomic E-state index is 12.8. The van der Waals surface area contributed by atoms with Crippen LogP contribution in [0, 0.1) is 0 Å². The average Bonchev–Trinajstić information content (AvgIpc) is 2.85. The Balaban J connectivity index is 1.73. The van der Waals surface area contributed by atoms with Crippen LogP contribution in [-0.4, -0.2) is 33.9 Å². The molecule has 0 radical (unpaired) electrons. The van der Waals surface area contributed by atoms with Crippen LogP contribution in [0.25, 0.3) is 0 Å². The van der Waals surface area contributed by atoms with Crippen molar-refractivity contribution in [2.45, 2.75) is 6.18 Å². The molecule has 0 aliphatic carbocycles. The van der Waals surface area contributed by atoms with E-state index in [1.807, 2.05) is 84.9 Å². The third-order valence-corrected chi connectivity index (χ3v) is 5.19. The van der Waals surface area contributed by atoms with Crippen molar-refractivity contribution >= 4 is 45.4 Å². The molecule has 0 saturated carbocycles. The Morgan fingerprint density at radius 1 is 0.857 bits per heavy atom. The Bertz CT molecular complexity index is 1250. The number of alkyl halides is 3. The van der Waals surface area contributed by atoms with Gasteiger partial charge in [-0.05, 0) is 30.3 Å². The molecule has 7 nitrogen and oxygen atoms in total. The van der Waals surface area contributed by atoms with Gasteiger partial charge in [-0.2, -0.15) is 33.2 Å². The normalized spacial score (nSPS) is 11.4. The predicted molar refractivity (Wildman–Crippen MR) is 131 cm³/mol. The number of para-hydroxylation sites is 2. The van der Waals surface area contributed by atoms with Gasteiger partial charge in [0.1, 0.15) is 0 Å². The van der Waals surface area contributed by atoms with Gasteiger partial charge in [0.05, 0.1) is 6.21 Å². The van der Waals surface area contributed by atoms with Crippen LogP contribution in [0.5, 0.6) is 6.01 Å². The zero-order chi connectivity index (χ0) is 24.7. The largest absolute Gasteiger partial charge is 0.454 e. The summed E-state index contributed by atoms with van der Waals surface area (Å²) in [5, 5.41) is 4.11. The molecule has 1 aromatic heterocycles. The van der Waals surface area contributed by atoms with Gasteiger partial charge in [0.15, 0.2) is 6.61 Å². The Kier molecular flexibility index (Phi) is 7.56. The van der Waals surface area contributed by atoms with Crippen LogP contribution in [0.4, 0.5) is 36.4 Å². The maximum absolute atomic E-state index is 12.8. The summed E-state index contributed by atoms with van der Waals surface area (Å²) in [6.07, 6.45) is -3.04. The number of hydrazone groups is 1. The van der Waals surface area contributed by atoms with Crippen LogP contribution in [0.2, 0.25) is 0 Å². The zero-order valence-corrected chi connectivity index (χ0v) is 19.6. The standard InChI is InChI=1S/C24H18BrF3N6O/c25-20-14-8-7-9-17(20)15-29-33-21-30-22(32-23(31-21)35-16-24(26,27)28)34(18-10-3-1-4-11-18)19-12-5-2-6-13-19/h1-15H,16H2,(H,30,31,32,33)/b29-15+. The number of nitrogens with zero attached hydrogens (tertiary/aromatic N) is 5. The molecule has 4 aromatic rings. The summed E-state index contributed by atoms with van der Waals surface area (Å²) in [7, 11) is 0. The van der Waals surface area contributed by atoms with Gasteiger partial charge >= 0.3 is 12.2 Å². The molecule has 0 aliphatic heterocycles. The zero-order valence-electron chi connectivity index (χ0n) is 18.0. The number of ether oxygens (including phenoxy) is 1. The molecule has 178 valence electrons. The Labute approximate surface area is 207 Å². The molecule has 0 spiro atoms. The summed E-state index contributed by atoms with van der Waals surface area (Å²) in [6.45, 7) is -1.55. The van der Waals surface area contributed by atoms with Crippen molar-refractivity contribution in [3.8, 4) is 6.01 Å². The third-order valence-electron chi connectivity index (χ3n) is 4.47. The fourth-order valence-corrected chi connectivity index (χ4v) is 3.37. The molecule has 4 rings (SSSR count). The highest BCUT2D eigenvalue weighted by atomic mass is 79.9. The van der Waals surface area contributed by atoms with Gasteiger partial charge in [0.25, 0.3) is 5.95 Å². The number of benzene rings is 3. The molecule has 1 N–H and O–H groups in total. The molecule has 0 atom stereocenters. The van der Waals surface area contributed by atoms with Crippen molar-refractivity contribution < 1.29 is 17.9 Å². The number of hydrogen-bond acceptors (Lipinski definition) is 7. The van der Waals surface area contributed by atoms with Gasteiger partial charge < -0.3 is 4.74 Å². The molecule has 0 fully saturated rings. The number of halogens is 4. The first-order valence-electron chi connectivity index (χ1n) is 10.3. The lowest BCUT2D eigenvalue weighted by molar-refractivity contribution is -0.154. The molecule has 0 aliphatic rings. The lowest BCUT2D eigenvalue weighted by atomic mass is 10.2. The van der Waals surface area contributed by atoms with Crippen molar-refractivity contribution in [1.82, 2.24) is 15.0 Å². The van der Waals surface area contributed by atoms with Crippen LogP contribution >= 0.6 is 15.9 Å². The lowest BCUT2D eigenvalue weighted by Crippen LogP contribution is -2.21. The SMILES string of the molecule is FC(F)(F)COc1nc(N/N=C/c2ccccc2Br)nc(N(c2ccccc2)c2ccccc2)n1.